The first kappa shape index (κ1) is 18.4. The van der Waals surface area contributed by atoms with E-state index in [0.29, 0.717) is 0 Å². The highest BCUT2D eigenvalue weighted by Gasteiger charge is 1.85. The first-order chi connectivity index (χ1) is 6.22. The average Bonchev–Trinajstić information content (AvgIpc) is 2.08. The molecule has 0 N–H and O–H groups in total. The molecule has 0 amide bonds. The van der Waals surface area contributed by atoms with Gasteiger partial charge in [0.05, 0.1) is 0 Å². The molecule has 0 saturated heterocycles. The van der Waals surface area contributed by atoms with Gasteiger partial charge < -0.3 is 0 Å². The number of hydrogen-bond donors (Lipinski definition) is 0. The van der Waals surface area contributed by atoms with Gasteiger partial charge in [-0.25, -0.2) is 0 Å². The van der Waals surface area contributed by atoms with Crippen molar-refractivity contribution in [2.24, 2.45) is 0 Å². The van der Waals surface area contributed by atoms with E-state index in [1.807, 2.05) is 13.0 Å². The van der Waals surface area contributed by atoms with Gasteiger partial charge in [-0.3, -0.25) is 0 Å². The topological polar surface area (TPSA) is 0 Å². The normalized spacial score (nSPS) is 7.43. The SMILES string of the molecule is C.C#C/C=C/C.C#CCC(=C)CCC. The lowest BCUT2D eigenvalue weighted by molar-refractivity contribution is 0.890. The quantitative estimate of drug-likeness (QED) is 0.462. The maximum atomic E-state index is 5.05. The number of rotatable bonds is 3. The lowest BCUT2D eigenvalue weighted by Gasteiger charge is -1.93. The van der Waals surface area contributed by atoms with Crippen LogP contribution in [0.2, 0.25) is 0 Å². The monoisotopic (exact) mass is 190 g/mol. The fourth-order valence-corrected chi connectivity index (χ4v) is 0.683. The van der Waals surface area contributed by atoms with Gasteiger partial charge in [-0.2, -0.15) is 0 Å². The highest BCUT2D eigenvalue weighted by Crippen LogP contribution is 2.03. The molecule has 0 aliphatic carbocycles. The van der Waals surface area contributed by atoms with Crippen LogP contribution >= 0.6 is 0 Å². The van der Waals surface area contributed by atoms with E-state index in [1.54, 1.807) is 6.08 Å². The van der Waals surface area contributed by atoms with Crippen LogP contribution in [0.1, 0.15) is 40.5 Å². The van der Waals surface area contributed by atoms with Crippen molar-refractivity contribution in [3.63, 3.8) is 0 Å². The summed E-state index contributed by atoms with van der Waals surface area (Å²) < 4.78 is 0. The predicted octanol–water partition coefficient (Wildman–Crippen LogP) is 4.20. The van der Waals surface area contributed by atoms with Crippen LogP contribution in [0.25, 0.3) is 0 Å². The second-order valence-electron chi connectivity index (χ2n) is 2.55. The minimum absolute atomic E-state index is 0. The Labute approximate surface area is 90.1 Å². The Balaban J connectivity index is -0.000000177. The first-order valence-electron chi connectivity index (χ1n) is 4.40. The van der Waals surface area contributed by atoms with Gasteiger partial charge in [-0.1, -0.05) is 44.9 Å². The van der Waals surface area contributed by atoms with Gasteiger partial charge in [0.15, 0.2) is 0 Å². The van der Waals surface area contributed by atoms with E-state index in [9.17, 15) is 0 Å². The fraction of sp³-hybridized carbons (Fsp3) is 0.429. The Hall–Kier alpha value is -1.40. The molecule has 0 aliphatic heterocycles. The molecule has 0 saturated carbocycles. The molecule has 0 aromatic rings. The minimum atomic E-state index is 0. The van der Waals surface area contributed by atoms with Gasteiger partial charge in [-0.15, -0.1) is 18.8 Å². The Morgan fingerprint density at radius 1 is 1.43 bits per heavy atom. The molecule has 0 rings (SSSR count). The summed E-state index contributed by atoms with van der Waals surface area (Å²) in [4.78, 5) is 0. The summed E-state index contributed by atoms with van der Waals surface area (Å²) in [6.07, 6.45) is 16.3. The molecule has 0 atom stereocenters. The second kappa shape index (κ2) is 17.6. The van der Waals surface area contributed by atoms with Crippen LogP contribution in [0, 0.1) is 24.7 Å². The van der Waals surface area contributed by atoms with Gasteiger partial charge in [0.1, 0.15) is 0 Å². The van der Waals surface area contributed by atoms with E-state index in [0.717, 1.165) is 19.3 Å². The van der Waals surface area contributed by atoms with E-state index in [-0.39, 0.29) is 7.43 Å². The summed E-state index contributed by atoms with van der Waals surface area (Å²) in [6, 6.07) is 0. The summed E-state index contributed by atoms with van der Waals surface area (Å²) in [6.45, 7) is 7.81. The molecule has 0 heterocycles. The van der Waals surface area contributed by atoms with Gasteiger partial charge in [0.2, 0.25) is 0 Å². The molecule has 0 unspecified atom stereocenters. The van der Waals surface area contributed by atoms with Crippen LogP contribution in [-0.4, -0.2) is 0 Å². The van der Waals surface area contributed by atoms with E-state index >= 15 is 0 Å². The number of terminal acetylenes is 2. The third kappa shape index (κ3) is 22.4. The lowest BCUT2D eigenvalue weighted by Crippen LogP contribution is -1.75. The zero-order chi connectivity index (χ0) is 10.5. The third-order valence-electron chi connectivity index (χ3n) is 1.22. The van der Waals surface area contributed by atoms with Crippen molar-refractivity contribution < 1.29 is 0 Å². The Morgan fingerprint density at radius 3 is 2.21 bits per heavy atom. The molecular weight excluding hydrogens is 168 g/mol. The molecule has 0 aliphatic rings. The van der Waals surface area contributed by atoms with Crippen molar-refractivity contribution in [2.75, 3.05) is 0 Å². The number of allylic oxidation sites excluding steroid dienone is 3. The minimum Gasteiger partial charge on any atom is -0.120 e. The van der Waals surface area contributed by atoms with Crippen molar-refractivity contribution in [2.45, 2.75) is 40.5 Å². The Kier molecular flexibility index (Phi) is 23.2. The summed E-state index contributed by atoms with van der Waals surface area (Å²) >= 11 is 0. The molecule has 0 heteroatoms. The molecule has 0 spiro atoms. The lowest BCUT2D eigenvalue weighted by atomic mass is 10.1. The molecule has 0 radical (unpaired) electrons. The highest BCUT2D eigenvalue weighted by molar-refractivity contribution is 5.07. The van der Waals surface area contributed by atoms with Gasteiger partial charge >= 0.3 is 0 Å². The molecule has 0 nitrogen and oxygen atoms in total. The fourth-order valence-electron chi connectivity index (χ4n) is 0.683. The van der Waals surface area contributed by atoms with Crippen LogP contribution in [0.5, 0.6) is 0 Å². The van der Waals surface area contributed by atoms with Crippen LogP contribution in [-0.2, 0) is 0 Å². The Morgan fingerprint density at radius 2 is 2.00 bits per heavy atom. The van der Waals surface area contributed by atoms with Crippen molar-refractivity contribution in [3.05, 3.63) is 24.3 Å². The van der Waals surface area contributed by atoms with Crippen molar-refractivity contribution in [3.8, 4) is 24.7 Å². The zero-order valence-corrected chi connectivity index (χ0v) is 8.64. The molecular formula is C14H22. The molecule has 0 aromatic carbocycles. The van der Waals surface area contributed by atoms with Crippen molar-refractivity contribution >= 4 is 0 Å². The third-order valence-corrected chi connectivity index (χ3v) is 1.22. The number of hydrogen-bond acceptors (Lipinski definition) is 0. The highest BCUT2D eigenvalue weighted by atomic mass is 13.9. The molecule has 0 aromatic heterocycles. The summed E-state index contributed by atoms with van der Waals surface area (Å²) in [5, 5.41) is 0. The van der Waals surface area contributed by atoms with E-state index < -0.39 is 0 Å². The van der Waals surface area contributed by atoms with Gasteiger partial charge in [0.25, 0.3) is 0 Å². The predicted molar refractivity (Wildman–Crippen MR) is 67.9 cm³/mol. The van der Waals surface area contributed by atoms with Gasteiger partial charge in [-0.05, 0) is 19.4 Å². The molecule has 78 valence electrons. The largest absolute Gasteiger partial charge is 0.120 e. The summed E-state index contributed by atoms with van der Waals surface area (Å²) in [7, 11) is 0. The Bertz CT molecular complexity index is 217. The summed E-state index contributed by atoms with van der Waals surface area (Å²) in [5.41, 5.74) is 1.18. The molecule has 0 bridgehead atoms. The van der Waals surface area contributed by atoms with Crippen molar-refractivity contribution in [1.82, 2.24) is 0 Å². The van der Waals surface area contributed by atoms with E-state index in [1.165, 1.54) is 5.57 Å². The maximum absolute atomic E-state index is 5.05. The van der Waals surface area contributed by atoms with Crippen LogP contribution < -0.4 is 0 Å². The van der Waals surface area contributed by atoms with Crippen LogP contribution in [0.3, 0.4) is 0 Å². The first-order valence-corrected chi connectivity index (χ1v) is 4.40. The molecule has 0 fully saturated rings. The molecule has 14 heavy (non-hydrogen) atoms. The van der Waals surface area contributed by atoms with Gasteiger partial charge in [0, 0.05) is 6.42 Å². The van der Waals surface area contributed by atoms with E-state index in [4.69, 9.17) is 12.8 Å². The van der Waals surface area contributed by atoms with Crippen LogP contribution in [0.15, 0.2) is 24.3 Å². The average molecular weight is 190 g/mol. The summed E-state index contributed by atoms with van der Waals surface area (Å²) in [5.74, 6) is 4.89. The smallest absolute Gasteiger partial charge is 0.0293 e. The maximum Gasteiger partial charge on any atom is 0.0293 e. The van der Waals surface area contributed by atoms with Crippen LogP contribution in [0.4, 0.5) is 0 Å². The standard InChI is InChI=1S/C8H12.C5H6.CH4/c1-4-6-8(3)7-5-2;1-3-5-4-2;/h1H,3,5-7H2,2H3;1,4-5H,2H3;1H4/b;5-4+;. The second-order valence-corrected chi connectivity index (χ2v) is 2.55. The van der Waals surface area contributed by atoms with E-state index in [2.05, 4.69) is 25.3 Å². The van der Waals surface area contributed by atoms with Crippen molar-refractivity contribution in [1.29, 1.82) is 0 Å². The zero-order valence-electron chi connectivity index (χ0n) is 8.64.